The molecule has 1 aromatic heterocycles. The maximum absolute atomic E-state index is 15.1. The number of benzene rings is 4. The van der Waals surface area contributed by atoms with Crippen molar-refractivity contribution in [1.29, 1.82) is 0 Å². The number of halogens is 3. The quantitative estimate of drug-likeness (QED) is 0.178. The van der Waals surface area contributed by atoms with Crippen LogP contribution in [0.15, 0.2) is 115 Å². The van der Waals surface area contributed by atoms with E-state index in [4.69, 9.17) is 26.4 Å². The lowest BCUT2D eigenvalue weighted by Gasteiger charge is -2.31. The van der Waals surface area contributed by atoms with Crippen molar-refractivity contribution >= 4 is 28.4 Å². The Morgan fingerprint density at radius 3 is 2.00 bits per heavy atom. The summed E-state index contributed by atoms with van der Waals surface area (Å²) in [5.74, 6) is -1.01. The lowest BCUT2D eigenvalue weighted by molar-refractivity contribution is -0.204. The molecule has 8 heteroatoms. The monoisotopic (exact) mass is 561 g/mol. The molecule has 0 fully saturated rings. The Morgan fingerprint density at radius 2 is 1.38 bits per heavy atom. The molecule has 5 rings (SSSR count). The second-order valence-corrected chi connectivity index (χ2v) is 9.46. The van der Waals surface area contributed by atoms with E-state index in [1.54, 1.807) is 67.8 Å². The van der Waals surface area contributed by atoms with Gasteiger partial charge in [0.1, 0.15) is 12.5 Å². The topological polar surface area (TPSA) is 32.6 Å². The van der Waals surface area contributed by atoms with Crippen molar-refractivity contribution in [3.05, 3.63) is 126 Å². The Balaban J connectivity index is 1.75. The number of thiocarbonyl (C=S) groups is 1. The van der Waals surface area contributed by atoms with Crippen molar-refractivity contribution in [3.63, 3.8) is 0 Å². The van der Waals surface area contributed by atoms with Gasteiger partial charge in [0.15, 0.2) is 0 Å². The summed E-state index contributed by atoms with van der Waals surface area (Å²) in [5, 5.41) is 0.0383. The fourth-order valence-corrected chi connectivity index (χ4v) is 5.20. The van der Waals surface area contributed by atoms with E-state index in [2.05, 4.69) is 0 Å². The van der Waals surface area contributed by atoms with Gasteiger partial charge < -0.3 is 18.8 Å². The number of hydrogen-bond acceptors (Lipinski definition) is 4. The van der Waals surface area contributed by atoms with Crippen LogP contribution in [-0.2, 0) is 16.2 Å². The highest BCUT2D eigenvalue weighted by Crippen LogP contribution is 2.47. The molecule has 0 bridgehead atoms. The van der Waals surface area contributed by atoms with Gasteiger partial charge in [0.05, 0.1) is 17.1 Å². The second kappa shape index (κ2) is 11.9. The fraction of sp³-hybridized carbons (Fsp3) is 0.156. The number of fused-ring (bicyclic) bond motifs is 1. The standard InChI is InChI=1S/C32H26F3NO3S/c1-37-21-36-26-20-12-11-19-25(26)28(29(36)23-15-7-3-8-16-23)27(22-13-5-2-6-14-22)30(32(33,34)35)39-31(40)38-24-17-9-4-10-18-24/h2-20,27,30H,21H2,1H3. The summed E-state index contributed by atoms with van der Waals surface area (Å²) in [6.45, 7) is 0.138. The van der Waals surface area contributed by atoms with E-state index in [9.17, 15) is 0 Å². The summed E-state index contributed by atoms with van der Waals surface area (Å²) in [6, 6.07) is 33.6. The van der Waals surface area contributed by atoms with Crippen LogP contribution in [0.5, 0.6) is 5.75 Å². The van der Waals surface area contributed by atoms with Gasteiger partial charge in [0, 0.05) is 24.7 Å². The molecule has 0 saturated heterocycles. The molecule has 2 unspecified atom stereocenters. The number of rotatable bonds is 8. The van der Waals surface area contributed by atoms with E-state index in [-0.39, 0.29) is 12.5 Å². The van der Waals surface area contributed by atoms with Gasteiger partial charge in [-0.05, 0) is 34.9 Å². The minimum absolute atomic E-state index is 0.138. The lowest BCUT2D eigenvalue weighted by Crippen LogP contribution is -2.40. The highest BCUT2D eigenvalue weighted by atomic mass is 32.1. The van der Waals surface area contributed by atoms with Crippen LogP contribution in [0.2, 0.25) is 0 Å². The van der Waals surface area contributed by atoms with E-state index in [1.807, 2.05) is 59.2 Å². The minimum atomic E-state index is -4.80. The van der Waals surface area contributed by atoms with Crippen LogP contribution in [0.25, 0.3) is 22.2 Å². The Morgan fingerprint density at radius 1 is 0.800 bits per heavy atom. The lowest BCUT2D eigenvalue weighted by atomic mass is 9.83. The van der Waals surface area contributed by atoms with E-state index in [0.717, 1.165) is 11.1 Å². The zero-order chi connectivity index (χ0) is 28.1. The molecule has 0 radical (unpaired) electrons. The molecule has 1 heterocycles. The van der Waals surface area contributed by atoms with Gasteiger partial charge in [-0.15, -0.1) is 0 Å². The third kappa shape index (κ3) is 5.73. The predicted octanol–water partition coefficient (Wildman–Crippen LogP) is 8.36. The first-order valence-corrected chi connectivity index (χ1v) is 13.0. The molecule has 4 nitrogen and oxygen atoms in total. The molecule has 5 aromatic rings. The summed E-state index contributed by atoms with van der Waals surface area (Å²) in [6.07, 6.45) is -7.15. The first-order chi connectivity index (χ1) is 19.4. The van der Waals surface area contributed by atoms with Crippen molar-refractivity contribution in [3.8, 4) is 17.0 Å². The van der Waals surface area contributed by atoms with Crippen molar-refractivity contribution in [2.75, 3.05) is 7.11 Å². The predicted molar refractivity (Wildman–Crippen MR) is 153 cm³/mol. The zero-order valence-corrected chi connectivity index (χ0v) is 22.4. The Kier molecular flexibility index (Phi) is 8.19. The molecule has 0 aliphatic heterocycles. The van der Waals surface area contributed by atoms with E-state index in [0.29, 0.717) is 22.2 Å². The number of methoxy groups -OCH3 is 1. The van der Waals surface area contributed by atoms with Crippen LogP contribution >= 0.6 is 12.2 Å². The summed E-state index contributed by atoms with van der Waals surface area (Å²) in [7, 11) is 1.55. The summed E-state index contributed by atoms with van der Waals surface area (Å²) in [5.41, 5.74) is 2.96. The van der Waals surface area contributed by atoms with Gasteiger partial charge in [-0.25, -0.2) is 0 Å². The number of aromatic nitrogens is 1. The molecule has 204 valence electrons. The highest BCUT2D eigenvalue weighted by Gasteiger charge is 2.50. The molecule has 0 aliphatic rings. The van der Waals surface area contributed by atoms with E-state index < -0.39 is 23.4 Å². The maximum atomic E-state index is 15.1. The van der Waals surface area contributed by atoms with Gasteiger partial charge in [0.2, 0.25) is 6.10 Å². The number of ether oxygens (including phenoxy) is 3. The molecular formula is C32H26F3NO3S. The summed E-state index contributed by atoms with van der Waals surface area (Å²) in [4.78, 5) is 0. The van der Waals surface area contributed by atoms with Crippen LogP contribution < -0.4 is 4.74 Å². The highest BCUT2D eigenvalue weighted by molar-refractivity contribution is 7.79. The number of nitrogens with zero attached hydrogens (tertiary/aromatic N) is 1. The van der Waals surface area contributed by atoms with Gasteiger partial charge in [0.25, 0.3) is 0 Å². The largest absolute Gasteiger partial charge is 0.443 e. The summed E-state index contributed by atoms with van der Waals surface area (Å²) < 4.78 is 63.6. The van der Waals surface area contributed by atoms with Gasteiger partial charge >= 0.3 is 11.4 Å². The zero-order valence-electron chi connectivity index (χ0n) is 21.5. The first kappa shape index (κ1) is 27.4. The molecule has 0 saturated carbocycles. The molecule has 40 heavy (non-hydrogen) atoms. The normalized spacial score (nSPS) is 13.1. The Bertz CT molecular complexity index is 1570. The van der Waals surface area contributed by atoms with Crippen molar-refractivity contribution in [2.24, 2.45) is 0 Å². The Hall–Kier alpha value is -4.14. The molecule has 2 atom stereocenters. The van der Waals surface area contributed by atoms with E-state index in [1.165, 1.54) is 0 Å². The second-order valence-electron chi connectivity index (χ2n) is 9.12. The Labute approximate surface area is 235 Å². The third-order valence-corrected chi connectivity index (χ3v) is 6.76. The molecule has 0 amide bonds. The number of para-hydroxylation sites is 2. The van der Waals surface area contributed by atoms with Gasteiger partial charge in [-0.3, -0.25) is 0 Å². The number of alkyl halides is 3. The van der Waals surface area contributed by atoms with Crippen LogP contribution in [0.3, 0.4) is 0 Å². The molecule has 0 aliphatic carbocycles. The SMILES string of the molecule is COCn1c(-c2ccccc2)c(C(c2ccccc2)C(OC(=S)Oc2ccccc2)C(F)(F)F)c2ccccc21. The van der Waals surface area contributed by atoms with Crippen molar-refractivity contribution in [2.45, 2.75) is 24.9 Å². The van der Waals surface area contributed by atoms with Crippen LogP contribution in [0.1, 0.15) is 17.0 Å². The van der Waals surface area contributed by atoms with Gasteiger partial charge in [-0.1, -0.05) is 97.1 Å². The van der Waals surface area contributed by atoms with E-state index >= 15 is 13.2 Å². The van der Waals surface area contributed by atoms with Crippen LogP contribution in [0.4, 0.5) is 13.2 Å². The maximum Gasteiger partial charge on any atom is 0.426 e. The van der Waals surface area contributed by atoms with Crippen molar-refractivity contribution in [1.82, 2.24) is 4.57 Å². The van der Waals surface area contributed by atoms with Crippen LogP contribution in [-0.4, -0.2) is 29.2 Å². The average Bonchev–Trinajstić information content (AvgIpc) is 3.28. The first-order valence-electron chi connectivity index (χ1n) is 12.6. The van der Waals surface area contributed by atoms with Crippen molar-refractivity contribution < 1.29 is 27.4 Å². The third-order valence-electron chi connectivity index (χ3n) is 6.58. The fourth-order valence-electron chi connectivity index (χ4n) is 5.01. The molecule has 0 N–H and O–H groups in total. The average molecular weight is 562 g/mol. The van der Waals surface area contributed by atoms with Gasteiger partial charge in [-0.2, -0.15) is 13.2 Å². The smallest absolute Gasteiger partial charge is 0.426 e. The summed E-state index contributed by atoms with van der Waals surface area (Å²) >= 11 is 5.20. The minimum Gasteiger partial charge on any atom is -0.443 e. The molecular weight excluding hydrogens is 535 g/mol. The molecule has 0 spiro atoms. The molecule has 4 aromatic carbocycles. The number of hydrogen-bond donors (Lipinski definition) is 0. The van der Waals surface area contributed by atoms with Crippen LogP contribution in [0, 0.1) is 0 Å².